The first kappa shape index (κ1) is 20.5. The Labute approximate surface area is 196 Å². The number of amides is 1. The number of aromatic nitrogens is 6. The summed E-state index contributed by atoms with van der Waals surface area (Å²) >= 11 is 0. The molecular formula is C26H25N7O. The van der Waals surface area contributed by atoms with Gasteiger partial charge in [0.2, 0.25) is 5.91 Å². The number of hydrogen-bond acceptors (Lipinski definition) is 5. The normalized spacial score (nSPS) is 14.6. The molecule has 0 aliphatic heterocycles. The van der Waals surface area contributed by atoms with Crippen LogP contribution in [-0.2, 0) is 4.79 Å². The smallest absolute Gasteiger partial charge is 0.224 e. The number of imidazole rings is 1. The second-order valence-corrected chi connectivity index (χ2v) is 8.99. The quantitative estimate of drug-likeness (QED) is 0.328. The number of benzene rings is 1. The fraction of sp³-hybridized carbons (Fsp3) is 0.269. The maximum atomic E-state index is 12.6. The second-order valence-electron chi connectivity index (χ2n) is 8.99. The molecule has 6 rings (SSSR count). The first-order chi connectivity index (χ1) is 16.7. The number of nitrogens with one attached hydrogen (secondary N) is 3. The van der Waals surface area contributed by atoms with E-state index in [9.17, 15) is 4.79 Å². The van der Waals surface area contributed by atoms with Crippen molar-refractivity contribution in [1.29, 1.82) is 0 Å². The molecule has 8 heteroatoms. The van der Waals surface area contributed by atoms with E-state index in [2.05, 4.69) is 30.5 Å². The Kier molecular flexibility index (Phi) is 5.25. The number of aromatic amines is 2. The molecule has 170 valence electrons. The van der Waals surface area contributed by atoms with Crippen molar-refractivity contribution in [2.24, 2.45) is 5.92 Å². The molecule has 1 fully saturated rings. The van der Waals surface area contributed by atoms with Gasteiger partial charge in [0, 0.05) is 18.2 Å². The van der Waals surface area contributed by atoms with Crippen LogP contribution in [-0.4, -0.2) is 36.0 Å². The first-order valence-corrected chi connectivity index (χ1v) is 11.8. The van der Waals surface area contributed by atoms with E-state index >= 15 is 0 Å². The Balaban J connectivity index is 1.27. The molecule has 1 saturated carbocycles. The van der Waals surface area contributed by atoms with Crippen molar-refractivity contribution < 1.29 is 4.79 Å². The number of para-hydroxylation sites is 2. The average molecular weight is 452 g/mol. The lowest BCUT2D eigenvalue weighted by Gasteiger charge is -2.20. The zero-order valence-electron chi connectivity index (χ0n) is 18.7. The Morgan fingerprint density at radius 1 is 1.00 bits per heavy atom. The summed E-state index contributed by atoms with van der Waals surface area (Å²) in [6, 6.07) is 13.7. The number of rotatable bonds is 5. The molecule has 0 spiro atoms. The topological polar surface area (TPSA) is 112 Å². The van der Waals surface area contributed by atoms with Crippen LogP contribution >= 0.6 is 0 Å². The van der Waals surface area contributed by atoms with Crippen molar-refractivity contribution in [2.45, 2.75) is 38.5 Å². The van der Waals surface area contributed by atoms with Gasteiger partial charge in [0.1, 0.15) is 5.52 Å². The molecule has 5 aromatic rings. The Bertz CT molecular complexity index is 1450. The number of anilines is 1. The third-order valence-corrected chi connectivity index (χ3v) is 6.54. The van der Waals surface area contributed by atoms with E-state index < -0.39 is 0 Å². The van der Waals surface area contributed by atoms with Crippen LogP contribution in [0.1, 0.15) is 38.5 Å². The number of carbonyl (C=O) groups excluding carboxylic acids is 1. The minimum Gasteiger partial charge on any atom is -0.337 e. The van der Waals surface area contributed by atoms with Crippen molar-refractivity contribution in [1.82, 2.24) is 30.1 Å². The number of fused-ring (bicyclic) bond motifs is 2. The summed E-state index contributed by atoms with van der Waals surface area (Å²) < 4.78 is 0. The van der Waals surface area contributed by atoms with E-state index in [1.165, 1.54) is 19.3 Å². The van der Waals surface area contributed by atoms with E-state index in [1.807, 2.05) is 42.5 Å². The van der Waals surface area contributed by atoms with Crippen LogP contribution in [0.4, 0.5) is 5.69 Å². The molecule has 1 aliphatic carbocycles. The number of carbonyl (C=O) groups is 1. The van der Waals surface area contributed by atoms with E-state index in [-0.39, 0.29) is 5.91 Å². The van der Waals surface area contributed by atoms with Crippen LogP contribution in [0.15, 0.2) is 54.9 Å². The highest BCUT2D eigenvalue weighted by atomic mass is 16.1. The third kappa shape index (κ3) is 4.03. The minimum atomic E-state index is 0.0521. The maximum Gasteiger partial charge on any atom is 0.224 e. The predicted octanol–water partition coefficient (Wildman–Crippen LogP) is 5.47. The number of H-pyrrole nitrogens is 2. The summed E-state index contributed by atoms with van der Waals surface area (Å²) in [4.78, 5) is 29.8. The van der Waals surface area contributed by atoms with Gasteiger partial charge in [-0.25, -0.2) is 9.97 Å². The van der Waals surface area contributed by atoms with Crippen LogP contribution in [0.5, 0.6) is 0 Å². The maximum absolute atomic E-state index is 12.6. The zero-order valence-corrected chi connectivity index (χ0v) is 18.7. The first-order valence-electron chi connectivity index (χ1n) is 11.8. The van der Waals surface area contributed by atoms with E-state index in [4.69, 9.17) is 4.98 Å². The molecule has 1 aliphatic rings. The SMILES string of the molecule is O=C(CC1CCCCC1)Nc1cncc(-c2ccc3[nH]nc(-c4nc5ccccc5[nH]4)c3n2)c1. The summed E-state index contributed by atoms with van der Waals surface area (Å²) in [5.74, 6) is 1.21. The van der Waals surface area contributed by atoms with E-state index in [1.54, 1.807) is 12.4 Å². The zero-order chi connectivity index (χ0) is 22.9. The molecule has 1 amide bonds. The number of pyridine rings is 2. The third-order valence-electron chi connectivity index (χ3n) is 6.54. The van der Waals surface area contributed by atoms with Crippen molar-refractivity contribution in [3.63, 3.8) is 0 Å². The molecule has 0 saturated heterocycles. The highest BCUT2D eigenvalue weighted by Crippen LogP contribution is 2.29. The standard InChI is InChI=1S/C26H25N7O/c34-23(12-16-6-2-1-3-7-16)28-18-13-17(14-27-15-18)19-10-11-22-24(29-19)25(33-32-22)26-30-20-8-4-5-9-21(20)31-26/h4-5,8-11,13-16H,1-3,6-7,12H2,(H,28,34)(H,30,31)(H,32,33). The Morgan fingerprint density at radius 3 is 2.76 bits per heavy atom. The molecule has 4 aromatic heterocycles. The summed E-state index contributed by atoms with van der Waals surface area (Å²) in [5, 5.41) is 10.5. The van der Waals surface area contributed by atoms with Gasteiger partial charge < -0.3 is 10.3 Å². The lowest BCUT2D eigenvalue weighted by Crippen LogP contribution is -2.18. The van der Waals surface area contributed by atoms with Gasteiger partial charge in [-0.05, 0) is 49.1 Å². The molecule has 0 radical (unpaired) electrons. The minimum absolute atomic E-state index is 0.0521. The van der Waals surface area contributed by atoms with Crippen LogP contribution < -0.4 is 5.32 Å². The summed E-state index contributed by atoms with van der Waals surface area (Å²) in [7, 11) is 0. The molecule has 4 heterocycles. The van der Waals surface area contributed by atoms with Crippen LogP contribution in [0.2, 0.25) is 0 Å². The van der Waals surface area contributed by atoms with Gasteiger partial charge in [0.05, 0.1) is 34.1 Å². The van der Waals surface area contributed by atoms with Crippen LogP contribution in [0.3, 0.4) is 0 Å². The summed E-state index contributed by atoms with van der Waals surface area (Å²) in [5.41, 5.74) is 6.31. The largest absolute Gasteiger partial charge is 0.337 e. The van der Waals surface area contributed by atoms with Crippen molar-refractivity contribution >= 4 is 33.7 Å². The highest BCUT2D eigenvalue weighted by Gasteiger charge is 2.18. The molecule has 34 heavy (non-hydrogen) atoms. The predicted molar refractivity (Wildman–Crippen MR) is 132 cm³/mol. The fourth-order valence-corrected chi connectivity index (χ4v) is 4.80. The average Bonchev–Trinajstić information content (AvgIpc) is 3.48. The monoisotopic (exact) mass is 451 g/mol. The molecule has 0 unspecified atom stereocenters. The van der Waals surface area contributed by atoms with Crippen molar-refractivity contribution in [3.05, 3.63) is 54.9 Å². The molecule has 8 nitrogen and oxygen atoms in total. The van der Waals surface area contributed by atoms with Gasteiger partial charge in [-0.2, -0.15) is 5.10 Å². The van der Waals surface area contributed by atoms with Crippen LogP contribution in [0.25, 0.3) is 44.8 Å². The number of hydrogen-bond donors (Lipinski definition) is 3. The van der Waals surface area contributed by atoms with Crippen molar-refractivity contribution in [2.75, 3.05) is 5.32 Å². The highest BCUT2D eigenvalue weighted by molar-refractivity contribution is 5.93. The van der Waals surface area contributed by atoms with Gasteiger partial charge in [-0.1, -0.05) is 31.4 Å². The van der Waals surface area contributed by atoms with Crippen molar-refractivity contribution in [3.8, 4) is 22.8 Å². The van der Waals surface area contributed by atoms with Crippen LogP contribution in [0, 0.1) is 5.92 Å². The van der Waals surface area contributed by atoms with Gasteiger partial charge >= 0.3 is 0 Å². The molecule has 0 bridgehead atoms. The lowest BCUT2D eigenvalue weighted by molar-refractivity contribution is -0.117. The molecule has 3 N–H and O–H groups in total. The van der Waals surface area contributed by atoms with Gasteiger partial charge in [0.25, 0.3) is 0 Å². The summed E-state index contributed by atoms with van der Waals surface area (Å²) in [6.45, 7) is 0. The second kappa shape index (κ2) is 8.70. The van der Waals surface area contributed by atoms with Gasteiger partial charge in [-0.3, -0.25) is 14.9 Å². The fourth-order valence-electron chi connectivity index (χ4n) is 4.80. The van der Waals surface area contributed by atoms with E-state index in [0.717, 1.165) is 46.2 Å². The molecule has 1 aromatic carbocycles. The summed E-state index contributed by atoms with van der Waals surface area (Å²) in [6.07, 6.45) is 10.0. The Morgan fingerprint density at radius 2 is 1.88 bits per heavy atom. The van der Waals surface area contributed by atoms with Gasteiger partial charge in [-0.15, -0.1) is 0 Å². The lowest BCUT2D eigenvalue weighted by atomic mass is 9.87. The number of nitrogens with zero attached hydrogens (tertiary/aromatic N) is 4. The molecule has 0 atom stereocenters. The Hall–Kier alpha value is -4.07. The van der Waals surface area contributed by atoms with E-state index in [0.29, 0.717) is 29.5 Å². The molecular weight excluding hydrogens is 426 g/mol. The van der Waals surface area contributed by atoms with Gasteiger partial charge in [0.15, 0.2) is 11.5 Å².